The summed E-state index contributed by atoms with van der Waals surface area (Å²) < 4.78 is 17.5. The Balaban J connectivity index is 0. The highest BCUT2D eigenvalue weighted by Gasteiger charge is 2.18. The van der Waals surface area contributed by atoms with Crippen molar-refractivity contribution >= 4 is 15.6 Å². The van der Waals surface area contributed by atoms with Crippen molar-refractivity contribution in [3.05, 3.63) is 0 Å². The summed E-state index contributed by atoms with van der Waals surface area (Å²) >= 11 is 0. The van der Waals surface area contributed by atoms with Crippen LogP contribution in [0.1, 0.15) is 25.7 Å². The lowest BCUT2D eigenvalue weighted by atomic mass is 9.93. The van der Waals surface area contributed by atoms with Crippen LogP contribution in [0.3, 0.4) is 0 Å². The van der Waals surface area contributed by atoms with Gasteiger partial charge in [-0.1, -0.05) is 0 Å². The highest BCUT2D eigenvalue weighted by Crippen LogP contribution is 2.19. The van der Waals surface area contributed by atoms with Crippen LogP contribution < -0.4 is 21.3 Å². The first kappa shape index (κ1) is 20.5. The molecule has 0 bridgehead atoms. The van der Waals surface area contributed by atoms with Crippen LogP contribution in [-0.4, -0.2) is 31.7 Å². The van der Waals surface area contributed by atoms with Crippen LogP contribution >= 0.6 is 15.6 Å². The lowest BCUT2D eigenvalue weighted by Gasteiger charge is -2.17. The summed E-state index contributed by atoms with van der Waals surface area (Å²) in [5.74, 6) is 0. The highest BCUT2D eigenvalue weighted by molar-refractivity contribution is 7.43. The minimum absolute atomic E-state index is 0.730. The molecule has 18 heavy (non-hydrogen) atoms. The summed E-state index contributed by atoms with van der Waals surface area (Å²) in [6.07, 6.45) is 5.20. The molecule has 0 amide bonds. The first-order chi connectivity index (χ1) is 7.79. The van der Waals surface area contributed by atoms with Crippen molar-refractivity contribution in [2.75, 3.05) is 0 Å². The van der Waals surface area contributed by atoms with Crippen LogP contribution in [0.15, 0.2) is 0 Å². The van der Waals surface area contributed by atoms with E-state index in [1.165, 1.54) is 25.7 Å². The second-order valence-corrected chi connectivity index (χ2v) is 5.83. The molecule has 0 aliphatic heterocycles. The maximum atomic E-state index is 8.77. The molecular formula is C6H20N2O8P2. The zero-order valence-electron chi connectivity index (χ0n) is 9.71. The number of rotatable bonds is 0. The molecular weight excluding hydrogens is 290 g/mol. The van der Waals surface area contributed by atoms with Gasteiger partial charge in [0.05, 0.1) is 12.1 Å². The van der Waals surface area contributed by atoms with Gasteiger partial charge in [0.25, 0.3) is 15.6 Å². The second kappa shape index (κ2) is 9.11. The Morgan fingerprint density at radius 3 is 1.00 bits per heavy atom. The van der Waals surface area contributed by atoms with E-state index in [0.717, 1.165) is 12.1 Å². The monoisotopic (exact) mass is 310 g/mol. The molecule has 0 aromatic rings. The molecule has 0 radical (unpaired) electrons. The Hall–Kier alpha value is 0.140. The third kappa shape index (κ3) is 36.0. The lowest BCUT2D eigenvalue weighted by Crippen LogP contribution is -2.68. The van der Waals surface area contributed by atoms with Crippen molar-refractivity contribution in [3.63, 3.8) is 0 Å². The minimum atomic E-state index is -4.89. The molecule has 0 aromatic heterocycles. The molecule has 112 valence electrons. The Labute approximate surface area is 104 Å². The van der Waals surface area contributed by atoms with E-state index in [9.17, 15) is 0 Å². The molecule has 1 rings (SSSR count). The maximum Gasteiger partial charge on any atom is 0.262 e. The largest absolute Gasteiger partial charge is 0.756 e. The van der Waals surface area contributed by atoms with Crippen molar-refractivity contribution in [2.24, 2.45) is 0 Å². The number of phosphoric acid groups is 2. The van der Waals surface area contributed by atoms with E-state index in [-0.39, 0.29) is 0 Å². The molecule has 10 nitrogen and oxygen atoms in total. The van der Waals surface area contributed by atoms with Gasteiger partial charge in [0, 0.05) is 25.7 Å². The SMILES string of the molecule is O=P([O-])(O)O.O=P([O-])(O)O.[NH3+]C1CCC([NH3+])CC1. The van der Waals surface area contributed by atoms with E-state index in [1.54, 1.807) is 0 Å². The molecule has 0 atom stereocenters. The quantitative estimate of drug-likeness (QED) is 0.240. The summed E-state index contributed by atoms with van der Waals surface area (Å²) in [4.78, 5) is 45.8. The van der Waals surface area contributed by atoms with Gasteiger partial charge in [-0.3, -0.25) is 9.13 Å². The van der Waals surface area contributed by atoms with Gasteiger partial charge in [-0.2, -0.15) is 0 Å². The minimum Gasteiger partial charge on any atom is -0.756 e. The number of quaternary nitrogens is 2. The van der Waals surface area contributed by atoms with Gasteiger partial charge < -0.3 is 40.8 Å². The van der Waals surface area contributed by atoms with Gasteiger partial charge in [-0.05, 0) is 0 Å². The molecule has 0 unspecified atom stereocenters. The molecule has 0 aromatic carbocycles. The Kier molecular flexibility index (Phi) is 10.4. The summed E-state index contributed by atoms with van der Waals surface area (Å²) in [5.41, 5.74) is 8.01. The summed E-state index contributed by atoms with van der Waals surface area (Å²) in [5, 5.41) is 0. The van der Waals surface area contributed by atoms with Gasteiger partial charge in [-0.25, -0.2) is 0 Å². The van der Waals surface area contributed by atoms with E-state index >= 15 is 0 Å². The van der Waals surface area contributed by atoms with Gasteiger partial charge >= 0.3 is 0 Å². The molecule has 1 aliphatic rings. The first-order valence-electron chi connectivity index (χ1n) is 4.98. The van der Waals surface area contributed by atoms with Gasteiger partial charge in [0.2, 0.25) is 0 Å². The van der Waals surface area contributed by atoms with E-state index in [1.807, 2.05) is 0 Å². The van der Waals surface area contributed by atoms with Crippen molar-refractivity contribution in [1.29, 1.82) is 0 Å². The van der Waals surface area contributed by atoms with Crippen LogP contribution in [0.25, 0.3) is 0 Å². The zero-order valence-corrected chi connectivity index (χ0v) is 11.5. The standard InChI is InChI=1S/C6H14N2.2H3O4P/c7-5-1-2-6(8)4-3-5;2*1-5(2,3)4/h5-6H,1-4,7-8H2;2*(H3,1,2,3,4). The van der Waals surface area contributed by atoms with Crippen LogP contribution in [0.2, 0.25) is 0 Å². The van der Waals surface area contributed by atoms with Crippen LogP contribution in [0.5, 0.6) is 0 Å². The number of hydrogen-bond acceptors (Lipinski definition) is 4. The highest BCUT2D eigenvalue weighted by atomic mass is 31.2. The Bertz CT molecular complexity index is 247. The van der Waals surface area contributed by atoms with Crippen molar-refractivity contribution in [2.45, 2.75) is 37.8 Å². The fraction of sp³-hybridized carbons (Fsp3) is 1.00. The van der Waals surface area contributed by atoms with Crippen molar-refractivity contribution in [3.8, 4) is 0 Å². The van der Waals surface area contributed by atoms with Gasteiger partial charge in [0.1, 0.15) is 0 Å². The molecule has 1 saturated carbocycles. The molecule has 1 aliphatic carbocycles. The molecule has 12 heteroatoms. The van der Waals surface area contributed by atoms with E-state index in [0.29, 0.717) is 0 Å². The lowest BCUT2D eigenvalue weighted by molar-refractivity contribution is -0.460. The number of hydrogen-bond donors (Lipinski definition) is 6. The van der Waals surface area contributed by atoms with Gasteiger partial charge in [-0.15, -0.1) is 0 Å². The second-order valence-electron chi connectivity index (χ2n) is 3.87. The smallest absolute Gasteiger partial charge is 0.262 e. The molecule has 0 saturated heterocycles. The van der Waals surface area contributed by atoms with Crippen LogP contribution in [0, 0.1) is 0 Å². The fourth-order valence-corrected chi connectivity index (χ4v) is 1.23. The average molecular weight is 310 g/mol. The Morgan fingerprint density at radius 2 is 0.889 bits per heavy atom. The molecule has 1 fully saturated rings. The van der Waals surface area contributed by atoms with Crippen molar-refractivity contribution in [1.82, 2.24) is 0 Å². The third-order valence-electron chi connectivity index (χ3n) is 1.97. The maximum absolute atomic E-state index is 8.77. The predicted octanol–water partition coefficient (Wildman–Crippen LogP) is -4.34. The Morgan fingerprint density at radius 1 is 0.778 bits per heavy atom. The summed E-state index contributed by atoms with van der Waals surface area (Å²) in [6.45, 7) is 0. The summed E-state index contributed by atoms with van der Waals surface area (Å²) in [6, 6.07) is 1.46. The normalized spacial score (nSPS) is 24.2. The summed E-state index contributed by atoms with van der Waals surface area (Å²) in [7, 11) is -9.78. The third-order valence-corrected chi connectivity index (χ3v) is 1.97. The van der Waals surface area contributed by atoms with E-state index < -0.39 is 15.6 Å². The average Bonchev–Trinajstić information content (AvgIpc) is 2.04. The molecule has 0 heterocycles. The van der Waals surface area contributed by atoms with E-state index in [2.05, 4.69) is 11.5 Å². The fourth-order valence-electron chi connectivity index (χ4n) is 1.23. The van der Waals surface area contributed by atoms with E-state index in [4.69, 9.17) is 38.5 Å². The predicted molar refractivity (Wildman–Crippen MR) is 55.9 cm³/mol. The molecule has 10 N–H and O–H groups in total. The first-order valence-corrected chi connectivity index (χ1v) is 8.04. The zero-order chi connectivity index (χ0) is 15.0. The van der Waals surface area contributed by atoms with Crippen LogP contribution in [-0.2, 0) is 9.13 Å². The topological polar surface area (TPSA) is 216 Å². The molecule has 0 spiro atoms. The van der Waals surface area contributed by atoms with Crippen molar-refractivity contribution < 1.29 is 50.0 Å². The van der Waals surface area contributed by atoms with Gasteiger partial charge in [0.15, 0.2) is 0 Å². The van der Waals surface area contributed by atoms with Crippen LogP contribution in [0.4, 0.5) is 0 Å².